The van der Waals surface area contributed by atoms with Crippen molar-refractivity contribution in [2.24, 2.45) is 0 Å². The van der Waals surface area contributed by atoms with Crippen molar-refractivity contribution >= 4 is 27.0 Å². The molecule has 4 heteroatoms. The predicted octanol–water partition coefficient (Wildman–Crippen LogP) is 6.76. The standard InChI is InChI=1S/C13H27P.2ClH.Pd/c1-8-9-10-11-14(12(2,3)4)13(5,6)7;;;/h10-11H,8-9H2,1-7H3;2*1H;/q;;;+2/p-2. The van der Waals surface area contributed by atoms with Crippen LogP contribution < -0.4 is 0 Å². The van der Waals surface area contributed by atoms with Crippen molar-refractivity contribution in [2.45, 2.75) is 71.6 Å². The molecule has 0 saturated heterocycles. The van der Waals surface area contributed by atoms with E-state index in [2.05, 4.69) is 60.4 Å². The topological polar surface area (TPSA) is 0 Å². The Morgan fingerprint density at radius 3 is 1.59 bits per heavy atom. The Morgan fingerprint density at radius 1 is 1.00 bits per heavy atom. The monoisotopic (exact) mass is 390 g/mol. The van der Waals surface area contributed by atoms with Crippen molar-refractivity contribution < 1.29 is 15.9 Å². The van der Waals surface area contributed by atoms with E-state index in [1.54, 1.807) is 0 Å². The van der Waals surface area contributed by atoms with Gasteiger partial charge in [-0.25, -0.2) is 0 Å². The predicted molar refractivity (Wildman–Crippen MR) is 82.2 cm³/mol. The second-order valence-electron chi connectivity index (χ2n) is 5.93. The molecule has 0 fully saturated rings. The van der Waals surface area contributed by atoms with E-state index in [-0.39, 0.29) is 23.9 Å². The molecular weight excluding hydrogens is 364 g/mol. The van der Waals surface area contributed by atoms with Crippen LogP contribution in [-0.2, 0) is 15.9 Å². The first-order chi connectivity index (χ1) is 7.61. The number of hydrogen-bond acceptors (Lipinski definition) is 0. The van der Waals surface area contributed by atoms with E-state index in [0.717, 1.165) is 0 Å². The van der Waals surface area contributed by atoms with Gasteiger partial charge in [0.15, 0.2) is 0 Å². The number of unbranched alkanes of at least 4 members (excludes halogenated alkanes) is 1. The summed E-state index contributed by atoms with van der Waals surface area (Å²) in [5.74, 6) is 2.48. The van der Waals surface area contributed by atoms with Gasteiger partial charge in [0.2, 0.25) is 0 Å². The van der Waals surface area contributed by atoms with Crippen molar-refractivity contribution in [3.05, 3.63) is 11.9 Å². The Kier molecular flexibility index (Phi) is 12.5. The zero-order valence-corrected chi connectivity index (χ0v) is 16.0. The van der Waals surface area contributed by atoms with E-state index in [0.29, 0.717) is 10.3 Å². The van der Waals surface area contributed by atoms with Gasteiger partial charge in [0.1, 0.15) is 0 Å². The molecule has 0 aliphatic carbocycles. The average molecular weight is 392 g/mol. The van der Waals surface area contributed by atoms with Crippen LogP contribution in [0.25, 0.3) is 0 Å². The summed E-state index contributed by atoms with van der Waals surface area (Å²) in [6.07, 6.45) is 4.86. The summed E-state index contributed by atoms with van der Waals surface area (Å²) in [4.78, 5) is 0. The minimum absolute atomic E-state index is 0.0349. The fraction of sp³-hybridized carbons (Fsp3) is 0.846. The van der Waals surface area contributed by atoms with E-state index < -0.39 is 0 Å². The summed E-state index contributed by atoms with van der Waals surface area (Å²) < 4.78 is 0. The molecule has 0 N–H and O–H groups in total. The maximum atomic E-state index is 4.81. The third-order valence-electron chi connectivity index (χ3n) is 2.16. The molecule has 0 aromatic heterocycles. The summed E-state index contributed by atoms with van der Waals surface area (Å²) in [6.45, 7) is 16.4. The quantitative estimate of drug-likeness (QED) is 0.368. The van der Waals surface area contributed by atoms with Gasteiger partial charge in [-0.15, -0.1) is 0 Å². The van der Waals surface area contributed by atoms with Crippen LogP contribution in [0.15, 0.2) is 11.9 Å². The number of halogens is 2. The van der Waals surface area contributed by atoms with Gasteiger partial charge in [0.05, 0.1) is 0 Å². The van der Waals surface area contributed by atoms with E-state index in [9.17, 15) is 0 Å². The molecular formula is C13H27Cl2PPd. The second-order valence-corrected chi connectivity index (χ2v) is 12.0. The van der Waals surface area contributed by atoms with Crippen LogP contribution in [0.4, 0.5) is 0 Å². The molecule has 0 nitrogen and oxygen atoms in total. The molecule has 0 unspecified atom stereocenters. The van der Waals surface area contributed by atoms with Crippen LogP contribution in [0.2, 0.25) is 0 Å². The number of rotatable bonds is 3. The van der Waals surface area contributed by atoms with Crippen LogP contribution >= 0.6 is 27.0 Å². The summed E-state index contributed by atoms with van der Waals surface area (Å²) in [5.41, 5.74) is 0. The molecule has 0 aliphatic heterocycles. The normalized spacial score (nSPS) is 13.1. The SMILES string of the molecule is CCCC=CP(C(C)(C)C)C(C)(C)C.[Cl][Pd][Cl]. The third-order valence-corrected chi connectivity index (χ3v) is 5.56. The van der Waals surface area contributed by atoms with E-state index in [1.165, 1.54) is 12.8 Å². The van der Waals surface area contributed by atoms with Crippen LogP contribution in [-0.4, -0.2) is 10.3 Å². The van der Waals surface area contributed by atoms with E-state index >= 15 is 0 Å². The molecule has 0 spiro atoms. The maximum absolute atomic E-state index is 4.81. The van der Waals surface area contributed by atoms with Gasteiger partial charge < -0.3 is 0 Å². The van der Waals surface area contributed by atoms with E-state index in [1.807, 2.05) is 0 Å². The van der Waals surface area contributed by atoms with Crippen LogP contribution in [0.3, 0.4) is 0 Å². The Hall–Kier alpha value is 1.41. The molecule has 0 atom stereocenters. The second kappa shape index (κ2) is 10.2. The molecule has 0 aromatic rings. The fourth-order valence-corrected chi connectivity index (χ4v) is 5.07. The average Bonchev–Trinajstić information content (AvgIpc) is 2.09. The molecule has 108 valence electrons. The van der Waals surface area contributed by atoms with Gasteiger partial charge in [-0.05, 0) is 16.7 Å². The molecule has 0 heterocycles. The summed E-state index contributed by atoms with van der Waals surface area (Å²) >= 11 is -0.106. The zero-order chi connectivity index (χ0) is 14.1. The molecule has 0 bridgehead atoms. The molecule has 0 aromatic carbocycles. The Balaban J connectivity index is 0. The van der Waals surface area contributed by atoms with Crippen molar-refractivity contribution in [3.8, 4) is 0 Å². The Bertz CT molecular complexity index is 190. The zero-order valence-electron chi connectivity index (χ0n) is 12.1. The van der Waals surface area contributed by atoms with Crippen molar-refractivity contribution in [3.63, 3.8) is 0 Å². The summed E-state index contributed by atoms with van der Waals surface area (Å²) in [7, 11) is 9.59. The van der Waals surface area contributed by atoms with Crippen LogP contribution in [0, 0.1) is 0 Å². The van der Waals surface area contributed by atoms with Gasteiger partial charge in [-0.2, -0.15) is 0 Å². The number of allylic oxidation sites excluding steroid dienone is 1. The first-order valence-corrected chi connectivity index (χ1v) is 11.3. The van der Waals surface area contributed by atoms with Crippen LogP contribution in [0.5, 0.6) is 0 Å². The molecule has 0 rings (SSSR count). The molecule has 0 radical (unpaired) electrons. The first kappa shape index (κ1) is 20.7. The van der Waals surface area contributed by atoms with Gasteiger partial charge in [0, 0.05) is 0 Å². The summed E-state index contributed by atoms with van der Waals surface area (Å²) in [6, 6.07) is 0. The molecule has 17 heavy (non-hydrogen) atoms. The molecule has 0 saturated carbocycles. The first-order valence-electron chi connectivity index (χ1n) is 5.89. The van der Waals surface area contributed by atoms with Crippen molar-refractivity contribution in [2.75, 3.05) is 0 Å². The minimum atomic E-state index is -0.106. The fourth-order valence-electron chi connectivity index (χ4n) is 1.80. The Labute approximate surface area is 126 Å². The van der Waals surface area contributed by atoms with Gasteiger partial charge in [0.25, 0.3) is 0 Å². The van der Waals surface area contributed by atoms with E-state index in [4.69, 9.17) is 19.1 Å². The van der Waals surface area contributed by atoms with Crippen molar-refractivity contribution in [1.29, 1.82) is 0 Å². The molecule has 0 aliphatic rings. The van der Waals surface area contributed by atoms with Crippen molar-refractivity contribution in [1.82, 2.24) is 0 Å². The summed E-state index contributed by atoms with van der Waals surface area (Å²) in [5, 5.41) is 0.857. The van der Waals surface area contributed by atoms with Gasteiger partial charge >= 0.3 is 35.0 Å². The Morgan fingerprint density at radius 2 is 1.35 bits per heavy atom. The molecule has 0 amide bonds. The third kappa shape index (κ3) is 12.2. The van der Waals surface area contributed by atoms with Gasteiger partial charge in [-0.1, -0.05) is 74.7 Å². The van der Waals surface area contributed by atoms with Gasteiger partial charge in [-0.3, -0.25) is 0 Å². The van der Waals surface area contributed by atoms with Crippen LogP contribution in [0.1, 0.15) is 61.3 Å². The number of hydrogen-bond donors (Lipinski definition) is 0.